The number of ether oxygens (including phenoxy) is 1. The van der Waals surface area contributed by atoms with Crippen molar-refractivity contribution < 1.29 is 9.53 Å². The van der Waals surface area contributed by atoms with Gasteiger partial charge in [-0.25, -0.2) is 4.98 Å². The van der Waals surface area contributed by atoms with Gasteiger partial charge < -0.3 is 15.4 Å². The van der Waals surface area contributed by atoms with E-state index in [-0.39, 0.29) is 5.91 Å². The van der Waals surface area contributed by atoms with Crippen LogP contribution in [-0.4, -0.2) is 23.0 Å². The van der Waals surface area contributed by atoms with Gasteiger partial charge in [-0.2, -0.15) is 0 Å². The van der Waals surface area contributed by atoms with Crippen molar-refractivity contribution in [1.29, 1.82) is 0 Å². The second kappa shape index (κ2) is 7.75. The molecule has 0 saturated carbocycles. The molecule has 138 valence electrons. The van der Waals surface area contributed by atoms with Crippen molar-refractivity contribution >= 4 is 34.0 Å². The molecule has 0 saturated heterocycles. The average molecular weight is 370 g/mol. The third-order valence-corrected chi connectivity index (χ3v) is 4.27. The molecule has 2 aromatic carbocycles. The summed E-state index contributed by atoms with van der Waals surface area (Å²) < 4.78 is 5.28. The molecule has 0 atom stereocenters. The molecule has 0 radical (unpaired) electrons. The molecule has 0 spiro atoms. The molecule has 2 heterocycles. The average Bonchev–Trinajstić information content (AvgIpc) is 2.74. The zero-order valence-corrected chi connectivity index (χ0v) is 15.2. The van der Waals surface area contributed by atoms with Crippen molar-refractivity contribution in [3.63, 3.8) is 0 Å². The summed E-state index contributed by atoms with van der Waals surface area (Å²) in [6.45, 7) is 0. The molecule has 2 aromatic heterocycles. The number of fused-ring (bicyclic) bond motifs is 1. The monoisotopic (exact) mass is 370 g/mol. The van der Waals surface area contributed by atoms with Crippen LogP contribution in [0.15, 0.2) is 79.1 Å². The molecule has 0 aliphatic rings. The summed E-state index contributed by atoms with van der Waals surface area (Å²) in [5, 5.41) is 7.14. The fourth-order valence-corrected chi connectivity index (χ4v) is 2.93. The van der Waals surface area contributed by atoms with E-state index in [1.54, 1.807) is 43.8 Å². The standard InChI is InChI=1S/C22H18N4O2/c1-28-19-10-3-2-8-17(19)26-22(27)16-11-13-23-20(14-16)25-18-9-4-6-15-7-5-12-24-21(15)18/h2-14H,1H3,(H,23,25)(H,26,27). The molecule has 6 nitrogen and oxygen atoms in total. The summed E-state index contributed by atoms with van der Waals surface area (Å²) >= 11 is 0. The Balaban J connectivity index is 1.58. The molecule has 0 fully saturated rings. The van der Waals surface area contributed by atoms with Crippen molar-refractivity contribution in [2.24, 2.45) is 0 Å². The lowest BCUT2D eigenvalue weighted by Gasteiger charge is -2.11. The Morgan fingerprint density at radius 3 is 2.61 bits per heavy atom. The number of hydrogen-bond acceptors (Lipinski definition) is 5. The van der Waals surface area contributed by atoms with E-state index < -0.39 is 0 Å². The first kappa shape index (κ1) is 17.5. The van der Waals surface area contributed by atoms with Gasteiger partial charge in [0.1, 0.15) is 11.6 Å². The highest BCUT2D eigenvalue weighted by atomic mass is 16.5. The number of hydrogen-bond donors (Lipinski definition) is 2. The first-order valence-electron chi connectivity index (χ1n) is 8.76. The number of rotatable bonds is 5. The van der Waals surface area contributed by atoms with Gasteiger partial charge in [-0.1, -0.05) is 30.3 Å². The topological polar surface area (TPSA) is 76.1 Å². The normalized spacial score (nSPS) is 10.5. The van der Waals surface area contributed by atoms with Gasteiger partial charge in [0.25, 0.3) is 5.91 Å². The van der Waals surface area contributed by atoms with Crippen molar-refractivity contribution in [3.05, 3.63) is 84.7 Å². The van der Waals surface area contributed by atoms with Crippen LogP contribution in [0, 0.1) is 0 Å². The number of amides is 1. The number of nitrogens with one attached hydrogen (secondary N) is 2. The number of aromatic nitrogens is 2. The smallest absolute Gasteiger partial charge is 0.255 e. The Bertz CT molecular complexity index is 1140. The van der Waals surface area contributed by atoms with Crippen molar-refractivity contribution in [3.8, 4) is 5.75 Å². The highest BCUT2D eigenvalue weighted by Gasteiger charge is 2.11. The van der Waals surface area contributed by atoms with E-state index in [2.05, 4.69) is 20.6 Å². The molecule has 6 heteroatoms. The number of carbonyl (C=O) groups is 1. The van der Waals surface area contributed by atoms with Crippen LogP contribution in [0.5, 0.6) is 5.75 Å². The zero-order valence-electron chi connectivity index (χ0n) is 15.2. The van der Waals surface area contributed by atoms with E-state index in [4.69, 9.17) is 4.74 Å². The number of methoxy groups -OCH3 is 1. The van der Waals surface area contributed by atoms with Crippen molar-refractivity contribution in [2.45, 2.75) is 0 Å². The molecular weight excluding hydrogens is 352 g/mol. The highest BCUT2D eigenvalue weighted by Crippen LogP contribution is 2.25. The minimum Gasteiger partial charge on any atom is -0.495 e. The quantitative estimate of drug-likeness (QED) is 0.535. The molecule has 4 aromatic rings. The fraction of sp³-hybridized carbons (Fsp3) is 0.0455. The van der Waals surface area contributed by atoms with Crippen LogP contribution >= 0.6 is 0 Å². The molecule has 0 aliphatic heterocycles. The van der Waals surface area contributed by atoms with Crippen LogP contribution in [0.4, 0.5) is 17.2 Å². The number of carbonyl (C=O) groups excluding carboxylic acids is 1. The van der Waals surface area contributed by atoms with Crippen LogP contribution in [0.2, 0.25) is 0 Å². The maximum absolute atomic E-state index is 12.7. The van der Waals surface area contributed by atoms with Gasteiger partial charge in [-0.05, 0) is 36.4 Å². The summed E-state index contributed by atoms with van der Waals surface area (Å²) in [6, 6.07) is 20.4. The molecule has 1 amide bonds. The third-order valence-electron chi connectivity index (χ3n) is 4.27. The van der Waals surface area contributed by atoms with Gasteiger partial charge in [-0.15, -0.1) is 0 Å². The third kappa shape index (κ3) is 3.61. The first-order chi connectivity index (χ1) is 13.7. The summed E-state index contributed by atoms with van der Waals surface area (Å²) in [5.74, 6) is 0.918. The predicted octanol–water partition coefficient (Wildman–Crippen LogP) is 4.63. The second-order valence-electron chi connectivity index (χ2n) is 6.09. The van der Waals surface area contributed by atoms with E-state index in [9.17, 15) is 4.79 Å². The Morgan fingerprint density at radius 2 is 1.71 bits per heavy atom. The van der Waals surface area contributed by atoms with Gasteiger partial charge in [0.2, 0.25) is 0 Å². The van der Waals surface area contributed by atoms with Crippen LogP contribution < -0.4 is 15.4 Å². The summed E-state index contributed by atoms with van der Waals surface area (Å²) in [5.41, 5.74) is 2.76. The van der Waals surface area contributed by atoms with Gasteiger partial charge in [0.15, 0.2) is 0 Å². The summed E-state index contributed by atoms with van der Waals surface area (Å²) in [6.07, 6.45) is 3.34. The lowest BCUT2D eigenvalue weighted by molar-refractivity contribution is 0.102. The first-order valence-corrected chi connectivity index (χ1v) is 8.76. The van der Waals surface area contributed by atoms with Crippen LogP contribution in [-0.2, 0) is 0 Å². The van der Waals surface area contributed by atoms with E-state index in [0.29, 0.717) is 22.8 Å². The summed E-state index contributed by atoms with van der Waals surface area (Å²) in [7, 11) is 1.57. The largest absolute Gasteiger partial charge is 0.495 e. The SMILES string of the molecule is COc1ccccc1NC(=O)c1ccnc(Nc2cccc3cccnc23)c1. The van der Waals surface area contributed by atoms with Crippen LogP contribution in [0.1, 0.15) is 10.4 Å². The van der Waals surface area contributed by atoms with E-state index >= 15 is 0 Å². The fourth-order valence-electron chi connectivity index (χ4n) is 2.93. The molecule has 0 unspecified atom stereocenters. The number of benzene rings is 2. The van der Waals surface area contributed by atoms with Gasteiger partial charge in [0, 0.05) is 23.3 Å². The highest BCUT2D eigenvalue weighted by molar-refractivity contribution is 6.05. The second-order valence-corrected chi connectivity index (χ2v) is 6.09. The van der Waals surface area contributed by atoms with Crippen molar-refractivity contribution in [2.75, 3.05) is 17.7 Å². The molecular formula is C22H18N4O2. The van der Waals surface area contributed by atoms with E-state index in [1.165, 1.54) is 0 Å². The molecule has 2 N–H and O–H groups in total. The van der Waals surface area contributed by atoms with Crippen molar-refractivity contribution in [1.82, 2.24) is 9.97 Å². The van der Waals surface area contributed by atoms with Gasteiger partial charge in [0.05, 0.1) is 24.0 Å². The minimum absolute atomic E-state index is 0.244. The number of nitrogens with zero attached hydrogens (tertiary/aromatic N) is 2. The van der Waals surface area contributed by atoms with Gasteiger partial charge in [-0.3, -0.25) is 9.78 Å². The minimum atomic E-state index is -0.244. The summed E-state index contributed by atoms with van der Waals surface area (Å²) in [4.78, 5) is 21.4. The van der Waals surface area contributed by atoms with Gasteiger partial charge >= 0.3 is 0 Å². The Morgan fingerprint density at radius 1 is 0.893 bits per heavy atom. The number of pyridine rings is 2. The zero-order chi connectivity index (χ0) is 19.3. The predicted molar refractivity (Wildman–Crippen MR) is 110 cm³/mol. The molecule has 4 rings (SSSR count). The number of para-hydroxylation sites is 3. The molecule has 0 aliphatic carbocycles. The Hall–Kier alpha value is -3.93. The van der Waals surface area contributed by atoms with Crippen LogP contribution in [0.3, 0.4) is 0 Å². The van der Waals surface area contributed by atoms with E-state index in [0.717, 1.165) is 16.6 Å². The Labute approximate surface area is 162 Å². The molecule has 28 heavy (non-hydrogen) atoms. The lowest BCUT2D eigenvalue weighted by atomic mass is 10.2. The number of anilines is 3. The van der Waals surface area contributed by atoms with E-state index in [1.807, 2.05) is 42.5 Å². The lowest BCUT2D eigenvalue weighted by Crippen LogP contribution is -2.13. The molecule has 0 bridgehead atoms. The Kier molecular flexibility index (Phi) is 4.84. The van der Waals surface area contributed by atoms with Crippen LogP contribution in [0.25, 0.3) is 10.9 Å². The maximum atomic E-state index is 12.7. The maximum Gasteiger partial charge on any atom is 0.255 e.